The molecule has 4 aliphatic rings. The molecule has 0 radical (unpaired) electrons. The summed E-state index contributed by atoms with van der Waals surface area (Å²) in [4.78, 5) is 18.3. The lowest BCUT2D eigenvalue weighted by molar-refractivity contribution is -0.126. The first-order valence-electron chi connectivity index (χ1n) is 12.5. The largest absolute Gasteiger partial charge is 0.381 e. The minimum Gasteiger partial charge on any atom is -0.381 e. The molecule has 0 spiro atoms. The Morgan fingerprint density at radius 1 is 1.31 bits per heavy atom. The number of carbonyl (C=O) groups is 1. The number of allylic oxidation sites excluding steroid dienone is 2. The fourth-order valence-electron chi connectivity index (χ4n) is 7.22. The van der Waals surface area contributed by atoms with Crippen molar-refractivity contribution in [2.45, 2.75) is 77.6 Å². The van der Waals surface area contributed by atoms with E-state index in [9.17, 15) is 13.6 Å². The van der Waals surface area contributed by atoms with E-state index in [4.69, 9.17) is 4.74 Å². The van der Waals surface area contributed by atoms with Crippen LogP contribution in [0.25, 0.3) is 0 Å². The molecule has 0 amide bonds. The predicted octanol–water partition coefficient (Wildman–Crippen LogP) is 6.26. The van der Waals surface area contributed by atoms with Gasteiger partial charge < -0.3 is 4.74 Å². The van der Waals surface area contributed by atoms with Gasteiger partial charge in [0.05, 0.1) is 0 Å². The summed E-state index contributed by atoms with van der Waals surface area (Å²) in [7, 11) is 0. The molecule has 32 heavy (non-hydrogen) atoms. The summed E-state index contributed by atoms with van der Waals surface area (Å²) >= 11 is 0. The summed E-state index contributed by atoms with van der Waals surface area (Å²) in [5.74, 6) is 2.87. The molecule has 5 atom stereocenters. The van der Waals surface area contributed by atoms with Crippen molar-refractivity contribution in [1.82, 2.24) is 4.98 Å². The summed E-state index contributed by atoms with van der Waals surface area (Å²) in [6, 6.07) is 1.58. The van der Waals surface area contributed by atoms with Gasteiger partial charge in [0.2, 0.25) is 0 Å². The summed E-state index contributed by atoms with van der Waals surface area (Å²) < 4.78 is 31.9. The molecule has 3 fully saturated rings. The second kappa shape index (κ2) is 8.96. The molecule has 2 saturated carbocycles. The SMILES string of the molecule is C[C@@H]1COCCC1C[C@@H]1C[C@H]2CCC[C@@]2(C(=O)C2=CCc3cc(C(F)F)cnc3CC2)C1. The number of carbonyl (C=O) groups excluding carboxylic acids is 1. The van der Waals surface area contributed by atoms with E-state index in [0.717, 1.165) is 61.6 Å². The normalized spacial score (nSPS) is 34.7. The van der Waals surface area contributed by atoms with Crippen molar-refractivity contribution < 1.29 is 18.3 Å². The van der Waals surface area contributed by atoms with Crippen molar-refractivity contribution in [2.24, 2.45) is 29.1 Å². The van der Waals surface area contributed by atoms with Gasteiger partial charge in [-0.25, -0.2) is 8.78 Å². The van der Waals surface area contributed by atoms with Gasteiger partial charge in [0.15, 0.2) is 5.78 Å². The number of alkyl halides is 2. The summed E-state index contributed by atoms with van der Waals surface area (Å²) in [6.07, 6.45) is 10.7. The number of fused-ring (bicyclic) bond motifs is 2. The maximum Gasteiger partial charge on any atom is 0.265 e. The summed E-state index contributed by atoms with van der Waals surface area (Å²) in [5, 5.41) is 0. The van der Waals surface area contributed by atoms with Gasteiger partial charge in [-0.2, -0.15) is 0 Å². The average Bonchev–Trinajstić information content (AvgIpc) is 3.25. The van der Waals surface area contributed by atoms with Crippen LogP contribution < -0.4 is 0 Å². The van der Waals surface area contributed by atoms with Crippen LogP contribution in [0.15, 0.2) is 23.9 Å². The number of Topliss-reactive ketones (excluding diaryl/α,β-unsaturated/α-hetero) is 1. The van der Waals surface area contributed by atoms with Crippen LogP contribution in [0.3, 0.4) is 0 Å². The highest BCUT2D eigenvalue weighted by molar-refractivity contribution is 6.00. The fourth-order valence-corrected chi connectivity index (χ4v) is 7.22. The van der Waals surface area contributed by atoms with Crippen molar-refractivity contribution in [3.63, 3.8) is 0 Å². The fraction of sp³-hybridized carbons (Fsp3) is 0.704. The Morgan fingerprint density at radius 2 is 2.19 bits per heavy atom. The van der Waals surface area contributed by atoms with Crippen LogP contribution in [0.5, 0.6) is 0 Å². The number of hydrogen-bond acceptors (Lipinski definition) is 3. The van der Waals surface area contributed by atoms with Crippen LogP contribution in [0.4, 0.5) is 8.78 Å². The first-order valence-corrected chi connectivity index (χ1v) is 12.5. The zero-order chi connectivity index (χ0) is 22.3. The Hall–Kier alpha value is -1.62. The van der Waals surface area contributed by atoms with Crippen molar-refractivity contribution in [1.29, 1.82) is 0 Å². The third kappa shape index (κ3) is 4.06. The van der Waals surface area contributed by atoms with Gasteiger partial charge in [0.25, 0.3) is 6.43 Å². The molecular weight excluding hydrogens is 408 g/mol. The quantitative estimate of drug-likeness (QED) is 0.539. The average molecular weight is 444 g/mol. The third-order valence-corrected chi connectivity index (χ3v) is 8.96. The smallest absolute Gasteiger partial charge is 0.265 e. The highest BCUT2D eigenvalue weighted by Crippen LogP contribution is 2.59. The number of ketones is 1. The molecule has 174 valence electrons. The Labute approximate surface area is 190 Å². The molecule has 3 nitrogen and oxygen atoms in total. The molecule has 1 aromatic heterocycles. The Morgan fingerprint density at radius 3 is 3.00 bits per heavy atom. The van der Waals surface area contributed by atoms with E-state index in [1.807, 2.05) is 6.08 Å². The summed E-state index contributed by atoms with van der Waals surface area (Å²) in [6.45, 7) is 4.06. The predicted molar refractivity (Wildman–Crippen MR) is 120 cm³/mol. The van der Waals surface area contributed by atoms with E-state index in [1.165, 1.54) is 25.5 Å². The Bertz CT molecular complexity index is 898. The zero-order valence-corrected chi connectivity index (χ0v) is 19.1. The summed E-state index contributed by atoms with van der Waals surface area (Å²) in [5.41, 5.74) is 2.44. The number of halogens is 2. The van der Waals surface area contributed by atoms with Gasteiger partial charge in [-0.15, -0.1) is 0 Å². The highest BCUT2D eigenvalue weighted by atomic mass is 19.3. The number of aryl methyl sites for hydroxylation is 1. The minimum absolute atomic E-state index is 0.0256. The zero-order valence-electron chi connectivity index (χ0n) is 19.1. The lowest BCUT2D eigenvalue weighted by Crippen LogP contribution is -2.33. The maximum atomic E-state index is 14.0. The van der Waals surface area contributed by atoms with E-state index in [2.05, 4.69) is 11.9 Å². The third-order valence-electron chi connectivity index (χ3n) is 8.96. The van der Waals surface area contributed by atoms with Crippen molar-refractivity contribution in [2.75, 3.05) is 13.2 Å². The first-order chi connectivity index (χ1) is 15.5. The van der Waals surface area contributed by atoms with Gasteiger partial charge in [0, 0.05) is 36.1 Å². The van der Waals surface area contributed by atoms with Crippen molar-refractivity contribution in [3.05, 3.63) is 40.7 Å². The maximum absolute atomic E-state index is 14.0. The van der Waals surface area contributed by atoms with Crippen LogP contribution in [-0.4, -0.2) is 24.0 Å². The molecule has 5 rings (SSSR count). The number of hydrogen-bond donors (Lipinski definition) is 0. The molecule has 2 heterocycles. The highest BCUT2D eigenvalue weighted by Gasteiger charge is 2.55. The minimum atomic E-state index is -2.51. The molecule has 1 aromatic rings. The van der Waals surface area contributed by atoms with Gasteiger partial charge >= 0.3 is 0 Å². The first kappa shape index (κ1) is 22.2. The van der Waals surface area contributed by atoms with Gasteiger partial charge in [0.1, 0.15) is 0 Å². The van der Waals surface area contributed by atoms with Crippen molar-refractivity contribution in [3.8, 4) is 0 Å². The molecule has 5 heteroatoms. The topological polar surface area (TPSA) is 39.2 Å². The number of aromatic nitrogens is 1. The lowest BCUT2D eigenvalue weighted by Gasteiger charge is -2.32. The van der Waals surface area contributed by atoms with Crippen LogP contribution in [0.1, 0.15) is 81.5 Å². The lowest BCUT2D eigenvalue weighted by atomic mass is 9.72. The molecule has 0 aromatic carbocycles. The van der Waals surface area contributed by atoms with E-state index in [-0.39, 0.29) is 11.0 Å². The second-order valence-electron chi connectivity index (χ2n) is 10.8. The van der Waals surface area contributed by atoms with Gasteiger partial charge in [-0.1, -0.05) is 19.4 Å². The molecule has 3 aliphatic carbocycles. The number of pyridine rings is 1. The van der Waals surface area contributed by atoms with E-state index < -0.39 is 6.43 Å². The molecule has 1 unspecified atom stereocenters. The van der Waals surface area contributed by atoms with Crippen LogP contribution in [0, 0.1) is 29.1 Å². The molecule has 0 bridgehead atoms. The number of rotatable bonds is 5. The molecular formula is C27H35F2NO2. The molecule has 0 N–H and O–H groups in total. The molecule has 1 saturated heterocycles. The second-order valence-corrected chi connectivity index (χ2v) is 10.8. The van der Waals surface area contributed by atoms with Crippen LogP contribution in [-0.2, 0) is 22.4 Å². The Balaban J connectivity index is 1.31. The standard InChI is InChI=1S/C27H35F2NO2/c1-17-16-32-10-8-20(17)11-18-12-23-3-2-9-27(23,14-18)25(31)19-4-5-21-13-22(26(28)29)15-30-24(21)7-6-19/h4,13,15,17-18,20,23,26H,2-3,5-12,14,16H2,1H3/t17-,18-,20?,23-,27-/m1/s1. The van der Waals surface area contributed by atoms with E-state index in [0.29, 0.717) is 42.8 Å². The van der Waals surface area contributed by atoms with E-state index >= 15 is 0 Å². The van der Waals surface area contributed by atoms with Crippen LogP contribution in [0.2, 0.25) is 0 Å². The van der Waals surface area contributed by atoms with Crippen molar-refractivity contribution >= 4 is 5.78 Å². The van der Waals surface area contributed by atoms with Crippen LogP contribution >= 0.6 is 0 Å². The van der Waals surface area contributed by atoms with E-state index in [1.54, 1.807) is 6.07 Å². The monoisotopic (exact) mass is 443 g/mol. The number of ether oxygens (including phenoxy) is 1. The van der Waals surface area contributed by atoms with Gasteiger partial charge in [-0.05, 0) is 98.7 Å². The van der Waals surface area contributed by atoms with Gasteiger partial charge in [-0.3, -0.25) is 9.78 Å². The Kier molecular flexibility index (Phi) is 6.21. The number of nitrogens with zero attached hydrogens (tertiary/aromatic N) is 1. The molecule has 1 aliphatic heterocycles.